The van der Waals surface area contributed by atoms with Gasteiger partial charge in [-0.1, -0.05) is 29.8 Å². The number of nitrogens with zero attached hydrogens (tertiary/aromatic N) is 4. The van der Waals surface area contributed by atoms with E-state index in [1.807, 2.05) is 23.2 Å². The van der Waals surface area contributed by atoms with Crippen LogP contribution in [0.1, 0.15) is 27.4 Å². The van der Waals surface area contributed by atoms with Crippen LogP contribution in [0, 0.1) is 6.92 Å². The second kappa shape index (κ2) is 7.80. The van der Waals surface area contributed by atoms with E-state index in [2.05, 4.69) is 41.2 Å². The molecule has 2 aromatic heterocycles. The van der Waals surface area contributed by atoms with Gasteiger partial charge >= 0.3 is 0 Å². The van der Waals surface area contributed by atoms with E-state index in [1.54, 1.807) is 16.9 Å². The van der Waals surface area contributed by atoms with Crippen LogP contribution >= 0.6 is 0 Å². The average molecular weight is 364 g/mol. The number of furan rings is 1. The summed E-state index contributed by atoms with van der Waals surface area (Å²) in [5.74, 6) is 1.11. The van der Waals surface area contributed by atoms with Gasteiger partial charge in [-0.3, -0.25) is 14.4 Å². The number of rotatable bonds is 5. The van der Waals surface area contributed by atoms with Crippen molar-refractivity contribution in [2.24, 2.45) is 0 Å². The lowest BCUT2D eigenvalue weighted by molar-refractivity contribution is 0.0596. The van der Waals surface area contributed by atoms with Crippen LogP contribution in [0.4, 0.5) is 0 Å². The normalized spacial score (nSPS) is 15.2. The predicted octanol–water partition coefficient (Wildman–Crippen LogP) is 2.79. The molecule has 27 heavy (non-hydrogen) atoms. The first-order valence-electron chi connectivity index (χ1n) is 9.31. The Kier molecular flexibility index (Phi) is 5.07. The van der Waals surface area contributed by atoms with Gasteiger partial charge in [0.25, 0.3) is 5.91 Å². The van der Waals surface area contributed by atoms with Gasteiger partial charge in [-0.05, 0) is 30.7 Å². The summed E-state index contributed by atoms with van der Waals surface area (Å²) < 4.78 is 7.51. The molecule has 0 atom stereocenters. The molecule has 1 aromatic carbocycles. The molecule has 0 saturated carbocycles. The molecule has 6 nitrogen and oxygen atoms in total. The fraction of sp³-hybridized carbons (Fsp3) is 0.333. The van der Waals surface area contributed by atoms with Crippen LogP contribution in [0.2, 0.25) is 0 Å². The highest BCUT2D eigenvalue weighted by molar-refractivity contribution is 5.91. The molecular formula is C21H24N4O2. The smallest absolute Gasteiger partial charge is 0.289 e. The molecule has 1 aliphatic rings. The number of hydrogen-bond donors (Lipinski definition) is 0. The van der Waals surface area contributed by atoms with Gasteiger partial charge in [-0.15, -0.1) is 0 Å². The van der Waals surface area contributed by atoms with E-state index in [1.165, 1.54) is 11.1 Å². The molecule has 0 radical (unpaired) electrons. The molecule has 3 heterocycles. The number of aromatic nitrogens is 2. The lowest BCUT2D eigenvalue weighted by Gasteiger charge is -2.34. The van der Waals surface area contributed by atoms with Crippen LogP contribution in [-0.2, 0) is 13.1 Å². The first kappa shape index (κ1) is 17.5. The summed E-state index contributed by atoms with van der Waals surface area (Å²) in [6.07, 6.45) is 3.60. The maximum atomic E-state index is 12.7. The van der Waals surface area contributed by atoms with Crippen molar-refractivity contribution in [3.05, 3.63) is 77.5 Å². The maximum absolute atomic E-state index is 12.7. The fourth-order valence-electron chi connectivity index (χ4n) is 3.35. The highest BCUT2D eigenvalue weighted by Gasteiger charge is 2.24. The Balaban J connectivity index is 1.30. The molecule has 0 aliphatic carbocycles. The van der Waals surface area contributed by atoms with Gasteiger partial charge in [-0.25, -0.2) is 0 Å². The molecule has 3 aromatic rings. The quantitative estimate of drug-likeness (QED) is 0.699. The zero-order valence-electron chi connectivity index (χ0n) is 15.5. The first-order valence-corrected chi connectivity index (χ1v) is 9.31. The number of hydrogen-bond acceptors (Lipinski definition) is 4. The summed E-state index contributed by atoms with van der Waals surface area (Å²) in [6.45, 7) is 6.76. The summed E-state index contributed by atoms with van der Waals surface area (Å²) >= 11 is 0. The van der Waals surface area contributed by atoms with Crippen LogP contribution in [-0.4, -0.2) is 51.7 Å². The standard InChI is InChI=1S/C21H24N4O2/c1-17-3-5-18(6-4-17)15-23-11-13-24(14-12-23)21(26)20-8-7-19(27-20)16-25-10-2-9-22-25/h2-10H,11-16H2,1H3. The molecule has 1 aliphatic heterocycles. The molecule has 0 bridgehead atoms. The minimum absolute atomic E-state index is 0.0308. The number of carbonyl (C=O) groups is 1. The van der Waals surface area contributed by atoms with E-state index < -0.39 is 0 Å². The molecular weight excluding hydrogens is 340 g/mol. The third-order valence-electron chi connectivity index (χ3n) is 4.94. The summed E-state index contributed by atoms with van der Waals surface area (Å²) in [5.41, 5.74) is 2.59. The summed E-state index contributed by atoms with van der Waals surface area (Å²) in [4.78, 5) is 17.0. The third kappa shape index (κ3) is 4.28. The Labute approximate surface area is 159 Å². The zero-order valence-corrected chi connectivity index (χ0v) is 15.5. The third-order valence-corrected chi connectivity index (χ3v) is 4.94. The average Bonchev–Trinajstić information content (AvgIpc) is 3.36. The summed E-state index contributed by atoms with van der Waals surface area (Å²) in [6, 6.07) is 14.1. The Hall–Kier alpha value is -2.86. The fourth-order valence-corrected chi connectivity index (χ4v) is 3.35. The van der Waals surface area contributed by atoms with Crippen molar-refractivity contribution >= 4 is 5.91 Å². The van der Waals surface area contributed by atoms with E-state index in [9.17, 15) is 4.79 Å². The molecule has 4 rings (SSSR count). The SMILES string of the molecule is Cc1ccc(CN2CCN(C(=O)c3ccc(Cn4cccn4)o3)CC2)cc1. The van der Waals surface area contributed by atoms with Gasteiger partial charge in [0.2, 0.25) is 0 Å². The second-order valence-corrected chi connectivity index (χ2v) is 7.02. The largest absolute Gasteiger partial charge is 0.454 e. The molecule has 6 heteroatoms. The van der Waals surface area contributed by atoms with E-state index in [4.69, 9.17) is 4.42 Å². The Bertz CT molecular complexity index is 875. The van der Waals surface area contributed by atoms with E-state index in [-0.39, 0.29) is 5.91 Å². The molecule has 1 amide bonds. The number of aryl methyl sites for hydroxylation is 1. The van der Waals surface area contributed by atoms with Gasteiger partial charge in [0.15, 0.2) is 5.76 Å². The number of piperazine rings is 1. The monoisotopic (exact) mass is 364 g/mol. The van der Waals surface area contributed by atoms with Gasteiger partial charge in [0.05, 0.1) is 6.54 Å². The second-order valence-electron chi connectivity index (χ2n) is 7.02. The van der Waals surface area contributed by atoms with Gasteiger partial charge in [-0.2, -0.15) is 5.10 Å². The number of benzene rings is 1. The van der Waals surface area contributed by atoms with Crippen molar-refractivity contribution in [3.8, 4) is 0 Å². The van der Waals surface area contributed by atoms with Crippen LogP contribution in [0.3, 0.4) is 0 Å². The van der Waals surface area contributed by atoms with Crippen molar-refractivity contribution in [1.29, 1.82) is 0 Å². The van der Waals surface area contributed by atoms with Gasteiger partial charge in [0.1, 0.15) is 5.76 Å². The van der Waals surface area contributed by atoms with Crippen molar-refractivity contribution in [3.63, 3.8) is 0 Å². The van der Waals surface area contributed by atoms with E-state index in [0.717, 1.165) is 38.5 Å². The Morgan fingerprint density at radius 2 is 1.81 bits per heavy atom. The van der Waals surface area contributed by atoms with E-state index >= 15 is 0 Å². The highest BCUT2D eigenvalue weighted by Crippen LogP contribution is 2.15. The lowest BCUT2D eigenvalue weighted by atomic mass is 10.1. The van der Waals surface area contributed by atoms with Crippen molar-refractivity contribution in [2.45, 2.75) is 20.0 Å². The number of carbonyl (C=O) groups excluding carboxylic acids is 1. The van der Waals surface area contributed by atoms with Crippen LogP contribution in [0.15, 0.2) is 59.3 Å². The summed E-state index contributed by atoms with van der Waals surface area (Å²) in [7, 11) is 0. The lowest BCUT2D eigenvalue weighted by Crippen LogP contribution is -2.48. The van der Waals surface area contributed by atoms with Crippen molar-refractivity contribution in [2.75, 3.05) is 26.2 Å². The van der Waals surface area contributed by atoms with Crippen LogP contribution in [0.5, 0.6) is 0 Å². The van der Waals surface area contributed by atoms with Crippen molar-refractivity contribution in [1.82, 2.24) is 19.6 Å². The molecule has 0 unspecified atom stereocenters. The zero-order chi connectivity index (χ0) is 18.6. The van der Waals surface area contributed by atoms with Gasteiger partial charge < -0.3 is 9.32 Å². The van der Waals surface area contributed by atoms with Gasteiger partial charge in [0, 0.05) is 45.1 Å². The molecule has 0 N–H and O–H groups in total. The highest BCUT2D eigenvalue weighted by atomic mass is 16.4. The molecule has 1 saturated heterocycles. The Morgan fingerprint density at radius 1 is 1.04 bits per heavy atom. The van der Waals surface area contributed by atoms with Crippen LogP contribution < -0.4 is 0 Å². The molecule has 1 fully saturated rings. The first-order chi connectivity index (χ1) is 13.2. The minimum atomic E-state index is -0.0308. The van der Waals surface area contributed by atoms with Crippen molar-refractivity contribution < 1.29 is 9.21 Å². The predicted molar refractivity (Wildman–Crippen MR) is 102 cm³/mol. The van der Waals surface area contributed by atoms with Crippen LogP contribution in [0.25, 0.3) is 0 Å². The maximum Gasteiger partial charge on any atom is 0.289 e. The minimum Gasteiger partial charge on any atom is -0.454 e. The topological polar surface area (TPSA) is 54.5 Å². The summed E-state index contributed by atoms with van der Waals surface area (Å²) in [5, 5.41) is 4.16. The van der Waals surface area contributed by atoms with E-state index in [0.29, 0.717) is 12.3 Å². The molecule has 0 spiro atoms. The Morgan fingerprint density at radius 3 is 2.52 bits per heavy atom. The number of amides is 1. The molecule has 140 valence electrons.